The van der Waals surface area contributed by atoms with Crippen LogP contribution in [0, 0.1) is 0 Å². The van der Waals surface area contributed by atoms with Gasteiger partial charge in [0.2, 0.25) is 0 Å². The first-order chi connectivity index (χ1) is 13.7. The number of benzene rings is 1. The SMILES string of the molecule is COc1ccc(N2CCN(c3cc(C(=O)N4CCCCC4)ccn3)CC2)cc1. The quantitative estimate of drug-likeness (QED) is 0.816. The van der Waals surface area contributed by atoms with Crippen LogP contribution in [0.15, 0.2) is 42.6 Å². The van der Waals surface area contributed by atoms with Crippen LogP contribution in [-0.2, 0) is 0 Å². The third-order valence-corrected chi connectivity index (χ3v) is 5.68. The molecule has 0 saturated carbocycles. The third-order valence-electron chi connectivity index (χ3n) is 5.68. The van der Waals surface area contributed by atoms with E-state index in [1.54, 1.807) is 13.3 Å². The molecule has 0 atom stereocenters. The minimum atomic E-state index is 0.139. The number of anilines is 2. The molecule has 2 aromatic rings. The van der Waals surface area contributed by atoms with Crippen LogP contribution in [0.5, 0.6) is 5.75 Å². The van der Waals surface area contributed by atoms with Gasteiger partial charge < -0.3 is 19.4 Å². The van der Waals surface area contributed by atoms with Gasteiger partial charge in [0, 0.05) is 56.7 Å². The summed E-state index contributed by atoms with van der Waals surface area (Å²) >= 11 is 0. The summed E-state index contributed by atoms with van der Waals surface area (Å²) in [6.07, 6.45) is 5.21. The van der Waals surface area contributed by atoms with E-state index in [1.165, 1.54) is 12.1 Å². The number of amides is 1. The Balaban J connectivity index is 1.39. The number of ether oxygens (including phenoxy) is 1. The second-order valence-electron chi connectivity index (χ2n) is 7.43. The van der Waals surface area contributed by atoms with Crippen molar-refractivity contribution < 1.29 is 9.53 Å². The molecular weight excluding hydrogens is 352 g/mol. The maximum atomic E-state index is 12.8. The predicted octanol–water partition coefficient (Wildman–Crippen LogP) is 3.04. The second-order valence-corrected chi connectivity index (χ2v) is 7.43. The van der Waals surface area contributed by atoms with E-state index in [2.05, 4.69) is 26.9 Å². The average Bonchev–Trinajstić information content (AvgIpc) is 2.79. The van der Waals surface area contributed by atoms with Gasteiger partial charge in [-0.2, -0.15) is 0 Å². The van der Waals surface area contributed by atoms with Crippen LogP contribution >= 0.6 is 0 Å². The Kier molecular flexibility index (Phi) is 5.65. The topological polar surface area (TPSA) is 48.9 Å². The highest BCUT2D eigenvalue weighted by Gasteiger charge is 2.22. The lowest BCUT2D eigenvalue weighted by molar-refractivity contribution is 0.0724. The molecule has 28 heavy (non-hydrogen) atoms. The highest BCUT2D eigenvalue weighted by atomic mass is 16.5. The van der Waals surface area contributed by atoms with Crippen molar-refractivity contribution in [3.8, 4) is 5.75 Å². The Morgan fingerprint density at radius 2 is 1.57 bits per heavy atom. The molecule has 148 valence electrons. The average molecular weight is 380 g/mol. The van der Waals surface area contributed by atoms with Crippen LogP contribution in [0.2, 0.25) is 0 Å². The van der Waals surface area contributed by atoms with Crippen molar-refractivity contribution in [1.82, 2.24) is 9.88 Å². The summed E-state index contributed by atoms with van der Waals surface area (Å²) in [6, 6.07) is 12.0. The molecule has 1 aromatic heterocycles. The summed E-state index contributed by atoms with van der Waals surface area (Å²) < 4.78 is 5.24. The molecular formula is C22H28N4O2. The van der Waals surface area contributed by atoms with Crippen molar-refractivity contribution >= 4 is 17.4 Å². The zero-order valence-corrected chi connectivity index (χ0v) is 16.5. The van der Waals surface area contributed by atoms with E-state index < -0.39 is 0 Å². The number of rotatable bonds is 4. The number of hydrogen-bond donors (Lipinski definition) is 0. The maximum absolute atomic E-state index is 12.8. The van der Waals surface area contributed by atoms with Gasteiger partial charge in [-0.05, 0) is 55.7 Å². The molecule has 3 heterocycles. The Hall–Kier alpha value is -2.76. The number of methoxy groups -OCH3 is 1. The van der Waals surface area contributed by atoms with Gasteiger partial charge in [0.25, 0.3) is 5.91 Å². The molecule has 0 N–H and O–H groups in total. The van der Waals surface area contributed by atoms with E-state index >= 15 is 0 Å². The summed E-state index contributed by atoms with van der Waals surface area (Å²) in [6.45, 7) is 5.38. The van der Waals surface area contributed by atoms with Crippen LogP contribution in [0.25, 0.3) is 0 Å². The van der Waals surface area contributed by atoms with Gasteiger partial charge in [-0.1, -0.05) is 0 Å². The fourth-order valence-electron chi connectivity index (χ4n) is 3.99. The smallest absolute Gasteiger partial charge is 0.254 e. The van der Waals surface area contributed by atoms with E-state index in [9.17, 15) is 4.79 Å². The molecule has 0 aliphatic carbocycles. The molecule has 0 unspecified atom stereocenters. The van der Waals surface area contributed by atoms with E-state index in [4.69, 9.17) is 4.74 Å². The van der Waals surface area contributed by atoms with Gasteiger partial charge >= 0.3 is 0 Å². The van der Waals surface area contributed by atoms with Gasteiger partial charge in [0.1, 0.15) is 11.6 Å². The fourth-order valence-corrected chi connectivity index (χ4v) is 3.99. The summed E-state index contributed by atoms with van der Waals surface area (Å²) in [5, 5.41) is 0. The molecule has 1 amide bonds. The fraction of sp³-hybridized carbons (Fsp3) is 0.455. The molecule has 0 bridgehead atoms. The number of carbonyl (C=O) groups is 1. The van der Waals surface area contributed by atoms with Crippen molar-refractivity contribution in [2.75, 3.05) is 56.2 Å². The molecule has 2 saturated heterocycles. The lowest BCUT2D eigenvalue weighted by Gasteiger charge is -2.37. The molecule has 4 rings (SSSR count). The third kappa shape index (κ3) is 4.06. The van der Waals surface area contributed by atoms with E-state index in [0.717, 1.165) is 69.2 Å². The van der Waals surface area contributed by atoms with Gasteiger partial charge in [-0.3, -0.25) is 4.79 Å². The van der Waals surface area contributed by atoms with Crippen molar-refractivity contribution in [3.05, 3.63) is 48.2 Å². The minimum Gasteiger partial charge on any atom is -0.497 e. The zero-order valence-electron chi connectivity index (χ0n) is 16.5. The monoisotopic (exact) mass is 380 g/mol. The Bertz CT molecular complexity index is 794. The normalized spacial score (nSPS) is 17.5. The number of likely N-dealkylation sites (tertiary alicyclic amines) is 1. The van der Waals surface area contributed by atoms with Gasteiger partial charge in [0.05, 0.1) is 7.11 Å². The lowest BCUT2D eigenvalue weighted by atomic mass is 10.1. The molecule has 2 aliphatic heterocycles. The van der Waals surface area contributed by atoms with Crippen LogP contribution < -0.4 is 14.5 Å². The summed E-state index contributed by atoms with van der Waals surface area (Å²) in [7, 11) is 1.69. The number of aromatic nitrogens is 1. The van der Waals surface area contributed by atoms with E-state index in [0.29, 0.717) is 0 Å². The zero-order chi connectivity index (χ0) is 19.3. The highest BCUT2D eigenvalue weighted by Crippen LogP contribution is 2.23. The maximum Gasteiger partial charge on any atom is 0.254 e. The van der Waals surface area contributed by atoms with Crippen molar-refractivity contribution in [2.24, 2.45) is 0 Å². The molecule has 2 aliphatic rings. The van der Waals surface area contributed by atoms with Crippen LogP contribution in [0.3, 0.4) is 0 Å². The van der Waals surface area contributed by atoms with Gasteiger partial charge in [0.15, 0.2) is 0 Å². The highest BCUT2D eigenvalue weighted by molar-refractivity contribution is 5.94. The second kappa shape index (κ2) is 8.50. The first-order valence-electron chi connectivity index (χ1n) is 10.1. The predicted molar refractivity (Wildman–Crippen MR) is 111 cm³/mol. The van der Waals surface area contributed by atoms with Gasteiger partial charge in [-0.15, -0.1) is 0 Å². The summed E-state index contributed by atoms with van der Waals surface area (Å²) in [5.41, 5.74) is 1.96. The largest absolute Gasteiger partial charge is 0.497 e. The van der Waals surface area contributed by atoms with E-state index in [1.807, 2.05) is 29.2 Å². The number of piperidine rings is 1. The van der Waals surface area contributed by atoms with E-state index in [-0.39, 0.29) is 5.91 Å². The first-order valence-corrected chi connectivity index (χ1v) is 10.1. The van der Waals surface area contributed by atoms with Crippen LogP contribution in [0.4, 0.5) is 11.5 Å². The summed E-state index contributed by atoms with van der Waals surface area (Å²) in [4.78, 5) is 23.9. The first kappa shape index (κ1) is 18.6. The minimum absolute atomic E-state index is 0.139. The van der Waals surface area contributed by atoms with Crippen LogP contribution in [0.1, 0.15) is 29.6 Å². The number of pyridine rings is 1. The number of carbonyl (C=O) groups excluding carboxylic acids is 1. The number of nitrogens with zero attached hydrogens (tertiary/aromatic N) is 4. The van der Waals surface area contributed by atoms with Crippen molar-refractivity contribution in [2.45, 2.75) is 19.3 Å². The van der Waals surface area contributed by atoms with Crippen LogP contribution in [-0.4, -0.2) is 62.2 Å². The van der Waals surface area contributed by atoms with Crippen molar-refractivity contribution in [3.63, 3.8) is 0 Å². The Morgan fingerprint density at radius 1 is 0.893 bits per heavy atom. The number of hydrogen-bond acceptors (Lipinski definition) is 5. The Morgan fingerprint density at radius 3 is 2.25 bits per heavy atom. The molecule has 1 aromatic carbocycles. The molecule has 0 radical (unpaired) electrons. The van der Waals surface area contributed by atoms with Crippen molar-refractivity contribution in [1.29, 1.82) is 0 Å². The lowest BCUT2D eigenvalue weighted by Crippen LogP contribution is -2.47. The molecule has 6 heteroatoms. The summed E-state index contributed by atoms with van der Waals surface area (Å²) in [5.74, 6) is 1.92. The number of piperazine rings is 1. The molecule has 6 nitrogen and oxygen atoms in total. The molecule has 2 fully saturated rings. The Labute approximate surface area is 166 Å². The van der Waals surface area contributed by atoms with Gasteiger partial charge in [-0.25, -0.2) is 4.98 Å². The standard InChI is InChI=1S/C22H28N4O2/c1-28-20-7-5-19(6-8-20)24-13-15-25(16-14-24)21-17-18(9-10-23-21)22(27)26-11-3-2-4-12-26/h5-10,17H,2-4,11-16H2,1H3. The molecule has 0 spiro atoms.